The Hall–Kier alpha value is -2.14. The summed E-state index contributed by atoms with van der Waals surface area (Å²) in [5.74, 6) is -1.31. The van der Waals surface area contributed by atoms with Gasteiger partial charge in [-0.15, -0.1) is 0 Å². The van der Waals surface area contributed by atoms with Crippen molar-refractivity contribution in [1.82, 2.24) is 4.98 Å². The summed E-state index contributed by atoms with van der Waals surface area (Å²) >= 11 is 5.96. The minimum Gasteiger partial charge on any atom is -0.496 e. The number of aromatic carboxylic acids is 1. The molecule has 1 aromatic heterocycles. The van der Waals surface area contributed by atoms with Gasteiger partial charge >= 0.3 is 5.97 Å². The summed E-state index contributed by atoms with van der Waals surface area (Å²) in [4.78, 5) is 14.6. The van der Waals surface area contributed by atoms with E-state index >= 15 is 0 Å². The average molecular weight is 282 g/mol. The Balaban J connectivity index is 2.58. The number of methoxy groups -OCH3 is 1. The van der Waals surface area contributed by atoms with Crippen molar-refractivity contribution < 1.29 is 19.0 Å². The van der Waals surface area contributed by atoms with Gasteiger partial charge in [-0.3, -0.25) is 0 Å². The molecule has 2 rings (SSSR count). The van der Waals surface area contributed by atoms with Crippen molar-refractivity contribution in [1.29, 1.82) is 0 Å². The third-order valence-electron chi connectivity index (χ3n) is 2.53. The minimum atomic E-state index is -1.16. The maximum atomic E-state index is 13.0. The number of aromatic nitrogens is 1. The minimum absolute atomic E-state index is 0.140. The first kappa shape index (κ1) is 13.3. The molecular formula is C13H9ClFNO3. The Kier molecular flexibility index (Phi) is 3.66. The van der Waals surface area contributed by atoms with Gasteiger partial charge in [0.25, 0.3) is 0 Å². The molecule has 0 bridgehead atoms. The number of halogens is 2. The van der Waals surface area contributed by atoms with Gasteiger partial charge in [0.1, 0.15) is 11.6 Å². The van der Waals surface area contributed by atoms with Gasteiger partial charge in [-0.1, -0.05) is 11.6 Å². The van der Waals surface area contributed by atoms with Crippen LogP contribution in [0.5, 0.6) is 5.75 Å². The van der Waals surface area contributed by atoms with Crippen molar-refractivity contribution in [2.45, 2.75) is 0 Å². The molecule has 0 radical (unpaired) electrons. The molecule has 2 aromatic rings. The van der Waals surface area contributed by atoms with Gasteiger partial charge in [-0.25, -0.2) is 14.2 Å². The molecule has 0 fully saturated rings. The lowest BCUT2D eigenvalue weighted by Crippen LogP contribution is -2.01. The Morgan fingerprint density at radius 3 is 2.68 bits per heavy atom. The maximum absolute atomic E-state index is 13.0. The van der Waals surface area contributed by atoms with E-state index in [0.29, 0.717) is 16.9 Å². The summed E-state index contributed by atoms with van der Waals surface area (Å²) in [5, 5.41) is 9.06. The van der Waals surface area contributed by atoms with Crippen LogP contribution in [0.25, 0.3) is 11.1 Å². The van der Waals surface area contributed by atoms with Crippen LogP contribution in [-0.2, 0) is 0 Å². The van der Waals surface area contributed by atoms with Gasteiger partial charge in [0.2, 0.25) is 0 Å². The first-order valence-corrected chi connectivity index (χ1v) is 5.63. The third-order valence-corrected chi connectivity index (χ3v) is 2.84. The first-order valence-electron chi connectivity index (χ1n) is 5.25. The third kappa shape index (κ3) is 2.66. The normalized spacial score (nSPS) is 10.3. The lowest BCUT2D eigenvalue weighted by Gasteiger charge is -2.10. The molecule has 0 atom stereocenters. The summed E-state index contributed by atoms with van der Waals surface area (Å²) in [5.41, 5.74) is 0.876. The molecule has 98 valence electrons. The monoisotopic (exact) mass is 281 g/mol. The molecule has 0 amide bonds. The van der Waals surface area contributed by atoms with Crippen molar-refractivity contribution in [3.8, 4) is 16.9 Å². The summed E-state index contributed by atoms with van der Waals surface area (Å²) in [6, 6.07) is 5.20. The van der Waals surface area contributed by atoms with E-state index in [1.807, 2.05) is 0 Å². The highest BCUT2D eigenvalue weighted by Gasteiger charge is 2.14. The molecule has 1 heterocycles. The Morgan fingerprint density at radius 2 is 2.11 bits per heavy atom. The lowest BCUT2D eigenvalue weighted by molar-refractivity contribution is 0.0690. The van der Waals surface area contributed by atoms with Gasteiger partial charge in [0, 0.05) is 23.4 Å². The summed E-state index contributed by atoms with van der Waals surface area (Å²) in [7, 11) is 1.40. The van der Waals surface area contributed by atoms with Crippen LogP contribution >= 0.6 is 11.6 Å². The summed E-state index contributed by atoms with van der Waals surface area (Å²) in [6.45, 7) is 0. The molecule has 0 aliphatic heterocycles. The quantitative estimate of drug-likeness (QED) is 0.938. The molecular weight excluding hydrogens is 273 g/mol. The largest absolute Gasteiger partial charge is 0.496 e. The lowest BCUT2D eigenvalue weighted by atomic mass is 10.1. The topological polar surface area (TPSA) is 59.4 Å². The molecule has 0 aliphatic carbocycles. The zero-order valence-electron chi connectivity index (χ0n) is 9.85. The molecule has 4 nitrogen and oxygen atoms in total. The molecule has 0 saturated heterocycles. The fourth-order valence-corrected chi connectivity index (χ4v) is 1.90. The second kappa shape index (κ2) is 5.24. The number of hydrogen-bond donors (Lipinski definition) is 1. The van der Waals surface area contributed by atoms with Crippen molar-refractivity contribution >= 4 is 17.6 Å². The summed E-state index contributed by atoms with van der Waals surface area (Å²) in [6.07, 6.45) is 1.33. The first-order chi connectivity index (χ1) is 9.02. The SMILES string of the molecule is COc1cc(C(=O)O)ncc1-c1ccc(F)cc1Cl. The van der Waals surface area contributed by atoms with E-state index in [1.165, 1.54) is 37.6 Å². The van der Waals surface area contributed by atoms with Crippen molar-refractivity contribution in [3.05, 3.63) is 47.0 Å². The number of carboxylic acids is 1. The fourth-order valence-electron chi connectivity index (χ4n) is 1.63. The van der Waals surface area contributed by atoms with Gasteiger partial charge < -0.3 is 9.84 Å². The van der Waals surface area contributed by atoms with Crippen LogP contribution in [0.1, 0.15) is 10.5 Å². The zero-order valence-corrected chi connectivity index (χ0v) is 10.6. The molecule has 0 saturated carbocycles. The van der Waals surface area contributed by atoms with E-state index in [-0.39, 0.29) is 10.7 Å². The molecule has 1 aromatic carbocycles. The molecule has 0 unspecified atom stereocenters. The molecule has 19 heavy (non-hydrogen) atoms. The number of nitrogens with zero attached hydrogens (tertiary/aromatic N) is 1. The average Bonchev–Trinajstić information content (AvgIpc) is 2.38. The highest BCUT2D eigenvalue weighted by atomic mass is 35.5. The number of ether oxygens (including phenoxy) is 1. The zero-order chi connectivity index (χ0) is 14.0. The molecule has 1 N–H and O–H groups in total. The highest BCUT2D eigenvalue weighted by molar-refractivity contribution is 6.33. The van der Waals surface area contributed by atoms with Crippen LogP contribution in [0.3, 0.4) is 0 Å². The number of benzene rings is 1. The van der Waals surface area contributed by atoms with Gasteiger partial charge in [0.05, 0.1) is 12.1 Å². The highest BCUT2D eigenvalue weighted by Crippen LogP contribution is 2.34. The van der Waals surface area contributed by atoms with E-state index < -0.39 is 11.8 Å². The Morgan fingerprint density at radius 1 is 1.37 bits per heavy atom. The van der Waals surface area contributed by atoms with Crippen LogP contribution in [0.2, 0.25) is 5.02 Å². The van der Waals surface area contributed by atoms with Gasteiger partial charge in [-0.2, -0.15) is 0 Å². The second-order valence-corrected chi connectivity index (χ2v) is 4.11. The van der Waals surface area contributed by atoms with E-state index in [2.05, 4.69) is 4.98 Å². The smallest absolute Gasteiger partial charge is 0.354 e. The van der Waals surface area contributed by atoms with Gasteiger partial charge in [0.15, 0.2) is 5.69 Å². The van der Waals surface area contributed by atoms with Crippen molar-refractivity contribution in [2.75, 3.05) is 7.11 Å². The van der Waals surface area contributed by atoms with Crippen molar-refractivity contribution in [2.24, 2.45) is 0 Å². The van der Waals surface area contributed by atoms with E-state index in [4.69, 9.17) is 21.4 Å². The number of rotatable bonds is 3. The van der Waals surface area contributed by atoms with Crippen molar-refractivity contribution in [3.63, 3.8) is 0 Å². The number of carboxylic acid groups (broad SMARTS) is 1. The second-order valence-electron chi connectivity index (χ2n) is 3.70. The Bertz CT molecular complexity index is 646. The molecule has 6 heteroatoms. The van der Waals surface area contributed by atoms with Crippen LogP contribution in [0.4, 0.5) is 4.39 Å². The predicted molar refractivity (Wildman–Crippen MR) is 68.2 cm³/mol. The van der Waals surface area contributed by atoms with Crippen LogP contribution in [0, 0.1) is 5.82 Å². The van der Waals surface area contributed by atoms with Crippen LogP contribution in [-0.4, -0.2) is 23.2 Å². The van der Waals surface area contributed by atoms with E-state index in [0.717, 1.165) is 0 Å². The Labute approximate surface area is 113 Å². The predicted octanol–water partition coefficient (Wildman–Crippen LogP) is 3.25. The number of pyridine rings is 1. The summed E-state index contributed by atoms with van der Waals surface area (Å²) < 4.78 is 18.1. The number of carbonyl (C=O) groups is 1. The van der Waals surface area contributed by atoms with Gasteiger partial charge in [-0.05, 0) is 18.2 Å². The molecule has 0 spiro atoms. The number of hydrogen-bond acceptors (Lipinski definition) is 3. The fraction of sp³-hybridized carbons (Fsp3) is 0.0769. The van der Waals surface area contributed by atoms with E-state index in [1.54, 1.807) is 0 Å². The van der Waals surface area contributed by atoms with E-state index in [9.17, 15) is 9.18 Å². The molecule has 0 aliphatic rings. The van der Waals surface area contributed by atoms with Crippen LogP contribution < -0.4 is 4.74 Å². The van der Waals surface area contributed by atoms with Crippen LogP contribution in [0.15, 0.2) is 30.5 Å². The standard InChI is InChI=1S/C13H9ClFNO3/c1-19-12-5-11(13(17)18)16-6-9(12)8-3-2-7(15)4-10(8)14/h2-6H,1H3,(H,17,18). The maximum Gasteiger partial charge on any atom is 0.354 e.